The zero-order chi connectivity index (χ0) is 18.0. The van der Waals surface area contributed by atoms with E-state index in [4.69, 9.17) is 5.10 Å². The average molecular weight is 486 g/mol. The minimum Gasteiger partial charge on any atom is -0.355 e. The van der Waals surface area contributed by atoms with Gasteiger partial charge in [0.05, 0.1) is 18.3 Å². The fraction of sp³-hybridized carbons (Fsp3) is 0.737. The number of carbonyl (C=O) groups excluding carboxylic acids is 1. The van der Waals surface area contributed by atoms with Crippen LogP contribution in [0, 0.1) is 5.41 Å². The number of halogens is 1. The molecule has 1 amide bonds. The molecular weight excluding hydrogens is 455 g/mol. The summed E-state index contributed by atoms with van der Waals surface area (Å²) in [6.45, 7) is 3.37. The van der Waals surface area contributed by atoms with Crippen LogP contribution in [0.1, 0.15) is 56.7 Å². The molecule has 27 heavy (non-hydrogen) atoms. The number of nitrogens with zero attached hydrogens (tertiary/aromatic N) is 4. The Morgan fingerprint density at radius 1 is 1.41 bits per heavy atom. The van der Waals surface area contributed by atoms with Crippen LogP contribution in [0.5, 0.6) is 0 Å². The Morgan fingerprint density at radius 3 is 2.93 bits per heavy atom. The molecule has 2 saturated heterocycles. The molecule has 1 atom stereocenters. The lowest BCUT2D eigenvalue weighted by atomic mass is 9.79. The van der Waals surface area contributed by atoms with Crippen molar-refractivity contribution in [2.24, 2.45) is 10.4 Å². The minimum absolute atomic E-state index is 0. The van der Waals surface area contributed by atoms with Crippen LogP contribution >= 0.6 is 24.0 Å². The predicted molar refractivity (Wildman–Crippen MR) is 116 cm³/mol. The molecule has 1 saturated carbocycles. The first-order chi connectivity index (χ1) is 12.7. The number of aliphatic imine (C=N–C) groups is 1. The van der Waals surface area contributed by atoms with Gasteiger partial charge in [-0.1, -0.05) is 12.8 Å². The van der Waals surface area contributed by atoms with Crippen LogP contribution in [0.15, 0.2) is 17.3 Å². The van der Waals surface area contributed by atoms with E-state index in [1.807, 2.05) is 7.05 Å². The van der Waals surface area contributed by atoms with Crippen molar-refractivity contribution < 1.29 is 4.79 Å². The molecule has 150 valence electrons. The van der Waals surface area contributed by atoms with E-state index in [-0.39, 0.29) is 35.3 Å². The quantitative estimate of drug-likeness (QED) is 0.391. The van der Waals surface area contributed by atoms with E-state index in [0.29, 0.717) is 19.0 Å². The van der Waals surface area contributed by atoms with E-state index in [1.165, 1.54) is 25.7 Å². The molecule has 0 radical (unpaired) electrons. The molecule has 3 fully saturated rings. The third-order valence-electron chi connectivity index (χ3n) is 6.16. The summed E-state index contributed by atoms with van der Waals surface area (Å²) in [6.07, 6.45) is 10.1. The van der Waals surface area contributed by atoms with Crippen LogP contribution in [-0.2, 0) is 11.3 Å². The van der Waals surface area contributed by atoms with E-state index in [1.54, 1.807) is 0 Å². The van der Waals surface area contributed by atoms with Crippen molar-refractivity contribution in [2.45, 2.75) is 57.5 Å². The highest BCUT2D eigenvalue weighted by atomic mass is 127. The molecule has 7 nitrogen and oxygen atoms in total. The van der Waals surface area contributed by atoms with Gasteiger partial charge in [-0.2, -0.15) is 5.10 Å². The summed E-state index contributed by atoms with van der Waals surface area (Å²) in [5.74, 6) is 1.10. The van der Waals surface area contributed by atoms with E-state index in [9.17, 15) is 4.79 Å². The van der Waals surface area contributed by atoms with Crippen molar-refractivity contribution >= 4 is 35.8 Å². The summed E-state index contributed by atoms with van der Waals surface area (Å²) in [7, 11) is 1.83. The van der Waals surface area contributed by atoms with Gasteiger partial charge in [0, 0.05) is 44.7 Å². The number of rotatable bonds is 3. The molecule has 3 aliphatic rings. The first-order valence-electron chi connectivity index (χ1n) is 9.94. The number of piperidine rings is 1. The molecule has 1 aromatic rings. The van der Waals surface area contributed by atoms with E-state index >= 15 is 0 Å². The smallest absolute Gasteiger partial charge is 0.220 e. The fourth-order valence-electron chi connectivity index (χ4n) is 4.77. The van der Waals surface area contributed by atoms with Gasteiger partial charge in [-0.25, -0.2) is 0 Å². The number of likely N-dealkylation sites (tertiary alicyclic amines) is 1. The first-order valence-corrected chi connectivity index (χ1v) is 9.94. The topological polar surface area (TPSA) is 74.6 Å². The Morgan fingerprint density at radius 2 is 2.22 bits per heavy atom. The van der Waals surface area contributed by atoms with Crippen molar-refractivity contribution in [1.29, 1.82) is 0 Å². The number of aromatic nitrogens is 2. The van der Waals surface area contributed by atoms with Crippen LogP contribution in [-0.4, -0.2) is 53.2 Å². The first kappa shape index (κ1) is 20.4. The number of carbonyl (C=O) groups is 1. The van der Waals surface area contributed by atoms with Crippen molar-refractivity contribution in [3.63, 3.8) is 0 Å². The van der Waals surface area contributed by atoms with Crippen LogP contribution in [0.4, 0.5) is 0 Å². The average Bonchev–Trinajstić information content (AvgIpc) is 3.37. The van der Waals surface area contributed by atoms with Gasteiger partial charge < -0.3 is 15.5 Å². The zero-order valence-corrected chi connectivity index (χ0v) is 18.4. The highest BCUT2D eigenvalue weighted by Gasteiger charge is 2.42. The van der Waals surface area contributed by atoms with Crippen LogP contribution in [0.25, 0.3) is 0 Å². The summed E-state index contributed by atoms with van der Waals surface area (Å²) in [5.41, 5.74) is 1.14. The zero-order valence-electron chi connectivity index (χ0n) is 16.1. The molecule has 4 rings (SSSR count). The molecule has 1 aliphatic carbocycles. The normalized spacial score (nSPS) is 26.3. The standard InChI is InChI=1S/C19H30N6O.HI/c1-20-18(24-9-4-8-19(14-24)11-17(26)22-13-19)21-12-15-7-10-25(23-15)16-5-2-3-6-16;/h7,10,16H,2-6,8-9,11-14H2,1H3,(H,20,21)(H,22,26);1H. The van der Waals surface area contributed by atoms with Crippen molar-refractivity contribution in [3.8, 4) is 0 Å². The summed E-state index contributed by atoms with van der Waals surface area (Å²) in [6, 6.07) is 2.69. The highest BCUT2D eigenvalue weighted by Crippen LogP contribution is 2.36. The highest BCUT2D eigenvalue weighted by molar-refractivity contribution is 14.0. The van der Waals surface area contributed by atoms with E-state index < -0.39 is 0 Å². The molecule has 1 unspecified atom stereocenters. The molecule has 1 aromatic heterocycles. The van der Waals surface area contributed by atoms with E-state index in [0.717, 1.165) is 44.1 Å². The second kappa shape index (κ2) is 8.79. The van der Waals surface area contributed by atoms with Crippen LogP contribution in [0.3, 0.4) is 0 Å². The molecule has 0 aromatic carbocycles. The fourth-order valence-corrected chi connectivity index (χ4v) is 4.77. The molecule has 0 bridgehead atoms. The Kier molecular flexibility index (Phi) is 6.65. The van der Waals surface area contributed by atoms with Gasteiger partial charge in [0.15, 0.2) is 5.96 Å². The van der Waals surface area contributed by atoms with E-state index in [2.05, 4.69) is 37.5 Å². The van der Waals surface area contributed by atoms with Gasteiger partial charge in [0.1, 0.15) is 0 Å². The van der Waals surface area contributed by atoms with Gasteiger partial charge in [-0.3, -0.25) is 14.5 Å². The molecular formula is C19H31IN6O. The van der Waals surface area contributed by atoms with Gasteiger partial charge in [-0.15, -0.1) is 24.0 Å². The van der Waals surface area contributed by atoms with Crippen molar-refractivity contribution in [1.82, 2.24) is 25.3 Å². The maximum atomic E-state index is 11.7. The SMILES string of the molecule is CN=C(NCc1ccn(C2CCCC2)n1)N1CCCC2(CNC(=O)C2)C1.I. The lowest BCUT2D eigenvalue weighted by Gasteiger charge is -2.40. The number of amides is 1. The lowest BCUT2D eigenvalue weighted by molar-refractivity contribution is -0.119. The molecule has 1 spiro atoms. The van der Waals surface area contributed by atoms with Gasteiger partial charge in [0.25, 0.3) is 0 Å². The van der Waals surface area contributed by atoms with Crippen molar-refractivity contribution in [2.75, 3.05) is 26.7 Å². The molecule has 3 heterocycles. The number of hydrogen-bond donors (Lipinski definition) is 2. The molecule has 2 N–H and O–H groups in total. The minimum atomic E-state index is 0. The Balaban J connectivity index is 0.00000210. The Bertz CT molecular complexity index is 683. The van der Waals surface area contributed by atoms with Gasteiger partial charge in [0.2, 0.25) is 5.91 Å². The maximum Gasteiger partial charge on any atom is 0.220 e. The lowest BCUT2D eigenvalue weighted by Crippen LogP contribution is -2.51. The number of guanidine groups is 1. The van der Waals surface area contributed by atoms with Gasteiger partial charge in [-0.05, 0) is 31.7 Å². The summed E-state index contributed by atoms with van der Waals surface area (Å²) in [4.78, 5) is 18.5. The maximum absolute atomic E-state index is 11.7. The Labute approximate surface area is 178 Å². The second-order valence-corrected chi connectivity index (χ2v) is 8.10. The summed E-state index contributed by atoms with van der Waals surface area (Å²) in [5, 5.41) is 11.2. The number of hydrogen-bond acceptors (Lipinski definition) is 3. The van der Waals surface area contributed by atoms with Gasteiger partial charge >= 0.3 is 0 Å². The largest absolute Gasteiger partial charge is 0.355 e. The third-order valence-corrected chi connectivity index (χ3v) is 6.16. The number of nitrogens with one attached hydrogen (secondary N) is 2. The van der Waals surface area contributed by atoms with Crippen LogP contribution < -0.4 is 10.6 Å². The predicted octanol–water partition coefficient (Wildman–Crippen LogP) is 2.29. The summed E-state index contributed by atoms with van der Waals surface area (Å²) < 4.78 is 2.14. The van der Waals surface area contributed by atoms with Crippen molar-refractivity contribution in [3.05, 3.63) is 18.0 Å². The molecule has 2 aliphatic heterocycles. The Hall–Kier alpha value is -1.32. The molecule has 8 heteroatoms. The van der Waals surface area contributed by atoms with Crippen LogP contribution in [0.2, 0.25) is 0 Å². The monoisotopic (exact) mass is 486 g/mol. The second-order valence-electron chi connectivity index (χ2n) is 8.10. The third kappa shape index (κ3) is 4.57. The summed E-state index contributed by atoms with van der Waals surface area (Å²) >= 11 is 0.